The van der Waals surface area contributed by atoms with E-state index in [9.17, 15) is 0 Å². The van der Waals surface area contributed by atoms with Crippen molar-refractivity contribution in [1.29, 1.82) is 0 Å². The summed E-state index contributed by atoms with van der Waals surface area (Å²) in [6.07, 6.45) is 1.18. The van der Waals surface area contributed by atoms with Crippen LogP contribution >= 0.6 is 23.1 Å². The molecule has 0 aromatic carbocycles. The molecule has 0 unspecified atom stereocenters. The van der Waals surface area contributed by atoms with Crippen molar-refractivity contribution >= 4 is 28.8 Å². The molecule has 1 aromatic heterocycles. The molecule has 2 rings (SSSR count). The molecule has 0 saturated carbocycles. The van der Waals surface area contributed by atoms with Gasteiger partial charge in [-0.15, -0.1) is 11.3 Å². The van der Waals surface area contributed by atoms with E-state index in [4.69, 9.17) is 5.73 Å². The van der Waals surface area contributed by atoms with Crippen molar-refractivity contribution in [3.63, 3.8) is 0 Å². The molecule has 0 bridgehead atoms. The lowest BCUT2D eigenvalue weighted by Crippen LogP contribution is -2.00. The van der Waals surface area contributed by atoms with E-state index in [0.29, 0.717) is 0 Å². The lowest BCUT2D eigenvalue weighted by molar-refractivity contribution is 1.12. The monoisotopic (exact) mass is 171 g/mol. The summed E-state index contributed by atoms with van der Waals surface area (Å²) in [7, 11) is 0. The first-order chi connectivity index (χ1) is 4.88. The van der Waals surface area contributed by atoms with Gasteiger partial charge in [0, 0.05) is 21.7 Å². The van der Waals surface area contributed by atoms with E-state index in [2.05, 4.69) is 5.38 Å². The number of anilines is 1. The average Bonchev–Trinajstić information content (AvgIpc) is 2.34. The van der Waals surface area contributed by atoms with Gasteiger partial charge in [-0.2, -0.15) is 11.8 Å². The van der Waals surface area contributed by atoms with Gasteiger partial charge in [-0.05, 0) is 17.7 Å². The maximum atomic E-state index is 5.76. The summed E-state index contributed by atoms with van der Waals surface area (Å²) < 4.78 is 0. The third-order valence-corrected chi connectivity index (χ3v) is 3.96. The number of nitrogens with two attached hydrogens (primary N) is 1. The molecule has 0 fully saturated rings. The Labute approximate surface area is 68.6 Å². The highest BCUT2D eigenvalue weighted by Crippen LogP contribution is 2.33. The van der Waals surface area contributed by atoms with Crippen LogP contribution in [0.1, 0.15) is 10.4 Å². The molecular weight excluding hydrogens is 162 g/mol. The Kier molecular flexibility index (Phi) is 1.62. The van der Waals surface area contributed by atoms with Crippen molar-refractivity contribution in [2.75, 3.05) is 11.5 Å². The van der Waals surface area contributed by atoms with E-state index in [1.165, 1.54) is 28.4 Å². The largest absolute Gasteiger partial charge is 0.398 e. The predicted octanol–water partition coefficient (Wildman–Crippen LogP) is 2.12. The predicted molar refractivity (Wildman–Crippen MR) is 48.6 cm³/mol. The molecule has 0 saturated heterocycles. The summed E-state index contributed by atoms with van der Waals surface area (Å²) in [6.45, 7) is 0. The Hall–Kier alpha value is -0.150. The van der Waals surface area contributed by atoms with Gasteiger partial charge in [0.15, 0.2) is 0 Å². The number of nitrogen functional groups attached to an aromatic ring is 1. The lowest BCUT2D eigenvalue weighted by atomic mass is 10.2. The summed E-state index contributed by atoms with van der Waals surface area (Å²) in [6, 6.07) is 0. The fourth-order valence-electron chi connectivity index (χ4n) is 1.18. The van der Waals surface area contributed by atoms with Crippen molar-refractivity contribution in [3.8, 4) is 0 Å². The van der Waals surface area contributed by atoms with Crippen LogP contribution in [0.15, 0.2) is 5.38 Å². The molecule has 0 spiro atoms. The van der Waals surface area contributed by atoms with E-state index in [1.807, 2.05) is 11.8 Å². The van der Waals surface area contributed by atoms with Gasteiger partial charge in [-0.25, -0.2) is 0 Å². The minimum Gasteiger partial charge on any atom is -0.398 e. The highest BCUT2D eigenvalue weighted by Gasteiger charge is 2.13. The molecule has 1 aromatic rings. The maximum Gasteiger partial charge on any atom is 0.0458 e. The molecule has 54 valence electrons. The first-order valence-electron chi connectivity index (χ1n) is 3.30. The molecule has 0 radical (unpaired) electrons. The second-order valence-electron chi connectivity index (χ2n) is 2.40. The molecule has 1 aliphatic heterocycles. The van der Waals surface area contributed by atoms with Crippen molar-refractivity contribution in [3.05, 3.63) is 15.8 Å². The van der Waals surface area contributed by atoms with Gasteiger partial charge in [0.25, 0.3) is 0 Å². The average molecular weight is 171 g/mol. The van der Waals surface area contributed by atoms with Gasteiger partial charge in [0.1, 0.15) is 0 Å². The minimum atomic E-state index is 1.01. The molecular formula is C7H9NS2. The maximum absolute atomic E-state index is 5.76. The quantitative estimate of drug-likeness (QED) is 0.647. The summed E-state index contributed by atoms with van der Waals surface area (Å²) in [5.74, 6) is 2.42. The van der Waals surface area contributed by atoms with E-state index >= 15 is 0 Å². The molecule has 1 aliphatic rings. The Balaban J connectivity index is 2.45. The van der Waals surface area contributed by atoms with E-state index in [0.717, 1.165) is 5.69 Å². The number of thiophene rings is 1. The van der Waals surface area contributed by atoms with Gasteiger partial charge in [-0.3, -0.25) is 0 Å². The van der Waals surface area contributed by atoms with Gasteiger partial charge in [0.05, 0.1) is 0 Å². The van der Waals surface area contributed by atoms with Crippen molar-refractivity contribution in [1.82, 2.24) is 0 Å². The van der Waals surface area contributed by atoms with E-state index in [1.54, 1.807) is 11.3 Å². The normalized spacial score (nSPS) is 16.8. The van der Waals surface area contributed by atoms with Gasteiger partial charge < -0.3 is 5.73 Å². The van der Waals surface area contributed by atoms with Crippen LogP contribution in [0.3, 0.4) is 0 Å². The van der Waals surface area contributed by atoms with E-state index < -0.39 is 0 Å². The number of rotatable bonds is 0. The number of hydrogen-bond acceptors (Lipinski definition) is 3. The lowest BCUT2D eigenvalue weighted by Gasteiger charge is -2.10. The molecule has 0 atom stereocenters. The zero-order valence-corrected chi connectivity index (χ0v) is 7.23. The van der Waals surface area contributed by atoms with Crippen LogP contribution in [-0.4, -0.2) is 5.75 Å². The highest BCUT2D eigenvalue weighted by atomic mass is 32.2. The third kappa shape index (κ3) is 0.935. The van der Waals surface area contributed by atoms with Gasteiger partial charge in [-0.1, -0.05) is 0 Å². The minimum absolute atomic E-state index is 1.01. The van der Waals surface area contributed by atoms with Crippen LogP contribution in [0.5, 0.6) is 0 Å². The Morgan fingerprint density at radius 1 is 1.50 bits per heavy atom. The Morgan fingerprint density at radius 2 is 2.40 bits per heavy atom. The summed E-state index contributed by atoms with van der Waals surface area (Å²) in [5, 5.41) is 2.07. The van der Waals surface area contributed by atoms with Crippen LogP contribution in [-0.2, 0) is 12.2 Å². The molecule has 10 heavy (non-hydrogen) atoms. The van der Waals surface area contributed by atoms with Crippen LogP contribution in [0.2, 0.25) is 0 Å². The highest BCUT2D eigenvalue weighted by molar-refractivity contribution is 7.98. The van der Waals surface area contributed by atoms with Crippen molar-refractivity contribution in [2.24, 2.45) is 0 Å². The van der Waals surface area contributed by atoms with Gasteiger partial charge >= 0.3 is 0 Å². The van der Waals surface area contributed by atoms with Crippen LogP contribution in [0, 0.1) is 0 Å². The number of hydrogen-bond donors (Lipinski definition) is 1. The Morgan fingerprint density at radius 3 is 3.20 bits per heavy atom. The summed E-state index contributed by atoms with van der Waals surface area (Å²) in [5.41, 5.74) is 8.20. The topological polar surface area (TPSA) is 26.0 Å². The van der Waals surface area contributed by atoms with Crippen molar-refractivity contribution < 1.29 is 0 Å². The van der Waals surface area contributed by atoms with Crippen molar-refractivity contribution in [2.45, 2.75) is 12.2 Å². The first-order valence-corrected chi connectivity index (χ1v) is 5.34. The smallest absolute Gasteiger partial charge is 0.0458 e. The van der Waals surface area contributed by atoms with Crippen LogP contribution in [0.4, 0.5) is 5.69 Å². The molecule has 2 N–H and O–H groups in total. The zero-order chi connectivity index (χ0) is 6.97. The second kappa shape index (κ2) is 2.47. The third-order valence-electron chi connectivity index (χ3n) is 1.74. The van der Waals surface area contributed by atoms with Crippen LogP contribution in [0.25, 0.3) is 0 Å². The Bertz CT molecular complexity index is 242. The molecule has 3 heteroatoms. The first kappa shape index (κ1) is 6.55. The number of fused-ring (bicyclic) bond motifs is 1. The summed E-state index contributed by atoms with van der Waals surface area (Å²) in [4.78, 5) is 1.49. The molecule has 2 heterocycles. The fraction of sp³-hybridized carbons (Fsp3) is 0.429. The SMILES string of the molecule is Nc1csc2c1CCSC2. The zero-order valence-electron chi connectivity index (χ0n) is 5.59. The van der Waals surface area contributed by atoms with Gasteiger partial charge in [0.2, 0.25) is 0 Å². The fourth-order valence-corrected chi connectivity index (χ4v) is 3.33. The molecule has 0 aliphatic carbocycles. The molecule has 1 nitrogen and oxygen atoms in total. The second-order valence-corrected chi connectivity index (χ2v) is 4.46. The van der Waals surface area contributed by atoms with E-state index in [-0.39, 0.29) is 0 Å². The number of thioether (sulfide) groups is 1. The standard InChI is InChI=1S/C7H9NS2/c8-6-3-10-7-4-9-2-1-5(6)7/h3H,1-2,4,8H2. The summed E-state index contributed by atoms with van der Waals surface area (Å²) >= 11 is 3.81. The molecule has 0 amide bonds. The van der Waals surface area contributed by atoms with Crippen LogP contribution < -0.4 is 5.73 Å².